The van der Waals surface area contributed by atoms with Crippen molar-refractivity contribution >= 4 is 5.69 Å². The third-order valence-electron chi connectivity index (χ3n) is 2.73. The first-order valence-electron chi connectivity index (χ1n) is 6.35. The summed E-state index contributed by atoms with van der Waals surface area (Å²) in [5, 5.41) is 17.0. The van der Waals surface area contributed by atoms with Gasteiger partial charge >= 0.3 is 0 Å². The van der Waals surface area contributed by atoms with Crippen LogP contribution >= 0.6 is 0 Å². The lowest BCUT2D eigenvalue weighted by Crippen LogP contribution is -2.26. The molecule has 0 bridgehead atoms. The van der Waals surface area contributed by atoms with E-state index >= 15 is 0 Å². The molecule has 0 amide bonds. The van der Waals surface area contributed by atoms with E-state index in [1.807, 2.05) is 31.4 Å². The molecule has 108 valence electrons. The molecule has 0 aliphatic rings. The van der Waals surface area contributed by atoms with Crippen LogP contribution in [-0.2, 0) is 7.05 Å². The monoisotopic (exact) mass is 277 g/mol. The van der Waals surface area contributed by atoms with Gasteiger partial charge in [-0.25, -0.2) is 0 Å². The number of aromatic nitrogens is 2. The van der Waals surface area contributed by atoms with Crippen LogP contribution < -0.4 is 14.8 Å². The molecule has 0 aliphatic carbocycles. The largest absolute Gasteiger partial charge is 0.497 e. The lowest BCUT2D eigenvalue weighted by molar-refractivity contribution is 0.117. The number of nitrogens with zero attached hydrogens (tertiary/aromatic N) is 2. The molecule has 0 aliphatic heterocycles. The highest BCUT2D eigenvalue weighted by Crippen LogP contribution is 2.18. The van der Waals surface area contributed by atoms with Gasteiger partial charge in [-0.05, 0) is 12.1 Å². The van der Waals surface area contributed by atoms with Crippen molar-refractivity contribution < 1.29 is 14.6 Å². The van der Waals surface area contributed by atoms with Gasteiger partial charge in [-0.3, -0.25) is 4.68 Å². The molecule has 6 nitrogen and oxygen atoms in total. The number of nitrogens with one attached hydrogen (secondary N) is 1. The Kier molecular flexibility index (Phi) is 4.84. The first-order chi connectivity index (χ1) is 9.67. The fraction of sp³-hybridized carbons (Fsp3) is 0.357. The van der Waals surface area contributed by atoms with Crippen LogP contribution in [0.15, 0.2) is 36.7 Å². The van der Waals surface area contributed by atoms with Crippen LogP contribution in [0.25, 0.3) is 0 Å². The van der Waals surface area contributed by atoms with Crippen LogP contribution in [0.4, 0.5) is 5.69 Å². The van der Waals surface area contributed by atoms with Gasteiger partial charge in [-0.2, -0.15) is 5.10 Å². The molecule has 0 saturated heterocycles. The Bertz CT molecular complexity index is 542. The molecule has 6 heteroatoms. The molecule has 1 aromatic heterocycles. The highest BCUT2D eigenvalue weighted by molar-refractivity contribution is 5.38. The van der Waals surface area contributed by atoms with E-state index in [2.05, 4.69) is 10.4 Å². The molecule has 1 heterocycles. The van der Waals surface area contributed by atoms with E-state index < -0.39 is 6.10 Å². The Morgan fingerprint density at radius 3 is 2.90 bits per heavy atom. The summed E-state index contributed by atoms with van der Waals surface area (Å²) in [6, 6.07) is 7.28. The average molecular weight is 277 g/mol. The summed E-state index contributed by atoms with van der Waals surface area (Å²) in [7, 11) is 3.44. The van der Waals surface area contributed by atoms with Gasteiger partial charge in [0, 0.05) is 25.9 Å². The Morgan fingerprint density at radius 1 is 1.40 bits per heavy atom. The fourth-order valence-electron chi connectivity index (χ4n) is 1.69. The lowest BCUT2D eigenvalue weighted by Gasteiger charge is -2.13. The minimum atomic E-state index is -0.610. The number of aryl methyl sites for hydroxylation is 1. The Balaban J connectivity index is 1.75. The van der Waals surface area contributed by atoms with Crippen LogP contribution in [-0.4, -0.2) is 41.3 Å². The van der Waals surface area contributed by atoms with Gasteiger partial charge in [0.2, 0.25) is 0 Å². The van der Waals surface area contributed by atoms with Gasteiger partial charge in [-0.15, -0.1) is 0 Å². The number of hydrogen-bond donors (Lipinski definition) is 2. The predicted molar refractivity (Wildman–Crippen MR) is 76.2 cm³/mol. The zero-order chi connectivity index (χ0) is 14.4. The molecule has 1 unspecified atom stereocenters. The number of hydrogen-bond acceptors (Lipinski definition) is 5. The molecular formula is C14H19N3O3. The maximum atomic E-state index is 9.86. The highest BCUT2D eigenvalue weighted by Gasteiger charge is 2.06. The predicted octanol–water partition coefficient (Wildman–Crippen LogP) is 1.28. The van der Waals surface area contributed by atoms with Crippen LogP contribution in [0.5, 0.6) is 11.5 Å². The van der Waals surface area contributed by atoms with E-state index in [9.17, 15) is 5.11 Å². The van der Waals surface area contributed by atoms with Crippen molar-refractivity contribution in [3.8, 4) is 11.5 Å². The molecule has 2 rings (SSSR count). The molecule has 2 N–H and O–H groups in total. The van der Waals surface area contributed by atoms with Crippen molar-refractivity contribution in [1.29, 1.82) is 0 Å². The number of anilines is 1. The van der Waals surface area contributed by atoms with Gasteiger partial charge in [0.25, 0.3) is 0 Å². The Labute approximate surface area is 117 Å². The first-order valence-corrected chi connectivity index (χ1v) is 6.35. The van der Waals surface area contributed by atoms with Gasteiger partial charge < -0.3 is 19.9 Å². The second kappa shape index (κ2) is 6.81. The van der Waals surface area contributed by atoms with E-state index in [1.54, 1.807) is 24.1 Å². The normalized spacial score (nSPS) is 11.9. The minimum absolute atomic E-state index is 0.209. The topological polar surface area (TPSA) is 68.5 Å². The van der Waals surface area contributed by atoms with Crippen molar-refractivity contribution in [2.75, 3.05) is 25.6 Å². The average Bonchev–Trinajstić information content (AvgIpc) is 2.89. The zero-order valence-electron chi connectivity index (χ0n) is 11.6. The Morgan fingerprint density at radius 2 is 2.20 bits per heavy atom. The van der Waals surface area contributed by atoms with Crippen LogP contribution in [0.2, 0.25) is 0 Å². The third kappa shape index (κ3) is 4.17. The number of methoxy groups -OCH3 is 1. The molecule has 0 fully saturated rings. The van der Waals surface area contributed by atoms with Gasteiger partial charge in [0.1, 0.15) is 24.2 Å². The third-order valence-corrected chi connectivity index (χ3v) is 2.73. The standard InChI is InChI=1S/C14H19N3O3/c1-17-9-11(7-16-17)15-8-12(18)10-20-14-5-3-4-13(6-14)19-2/h3-7,9,12,15,18H,8,10H2,1-2H3. The summed E-state index contributed by atoms with van der Waals surface area (Å²) in [5.41, 5.74) is 0.868. The lowest BCUT2D eigenvalue weighted by atomic mass is 10.3. The summed E-state index contributed by atoms with van der Waals surface area (Å²) in [5.74, 6) is 1.40. The number of aliphatic hydroxyl groups is 1. The van der Waals surface area contributed by atoms with E-state index in [0.717, 1.165) is 11.4 Å². The van der Waals surface area contributed by atoms with E-state index in [4.69, 9.17) is 9.47 Å². The maximum Gasteiger partial charge on any atom is 0.123 e. The molecule has 0 radical (unpaired) electrons. The second-order valence-corrected chi connectivity index (χ2v) is 4.43. The van der Waals surface area contributed by atoms with E-state index in [-0.39, 0.29) is 6.61 Å². The Hall–Kier alpha value is -2.21. The number of rotatable bonds is 7. The molecule has 2 aromatic rings. The van der Waals surface area contributed by atoms with E-state index in [1.165, 1.54) is 0 Å². The number of aliphatic hydroxyl groups excluding tert-OH is 1. The van der Waals surface area contributed by atoms with Crippen LogP contribution in [0, 0.1) is 0 Å². The molecular weight excluding hydrogens is 258 g/mol. The van der Waals surface area contributed by atoms with Gasteiger partial charge in [0.05, 0.1) is 19.0 Å². The zero-order valence-corrected chi connectivity index (χ0v) is 11.6. The van der Waals surface area contributed by atoms with Crippen LogP contribution in [0.1, 0.15) is 0 Å². The van der Waals surface area contributed by atoms with E-state index in [0.29, 0.717) is 12.3 Å². The van der Waals surface area contributed by atoms with Gasteiger partial charge in [-0.1, -0.05) is 6.07 Å². The van der Waals surface area contributed by atoms with Crippen molar-refractivity contribution in [2.45, 2.75) is 6.10 Å². The molecule has 1 atom stereocenters. The second-order valence-electron chi connectivity index (χ2n) is 4.43. The highest BCUT2D eigenvalue weighted by atomic mass is 16.5. The molecule has 0 spiro atoms. The fourth-order valence-corrected chi connectivity index (χ4v) is 1.69. The van der Waals surface area contributed by atoms with Gasteiger partial charge in [0.15, 0.2) is 0 Å². The molecule has 0 saturated carbocycles. The summed E-state index contributed by atoms with van der Waals surface area (Å²) < 4.78 is 12.3. The first kappa shape index (κ1) is 14.2. The van der Waals surface area contributed by atoms with Crippen molar-refractivity contribution in [1.82, 2.24) is 9.78 Å². The molecule has 1 aromatic carbocycles. The summed E-state index contributed by atoms with van der Waals surface area (Å²) in [4.78, 5) is 0. The summed E-state index contributed by atoms with van der Waals surface area (Å²) in [6.45, 7) is 0.607. The number of ether oxygens (including phenoxy) is 2. The quantitative estimate of drug-likeness (QED) is 0.798. The smallest absolute Gasteiger partial charge is 0.123 e. The number of benzene rings is 1. The van der Waals surface area contributed by atoms with Crippen molar-refractivity contribution in [3.05, 3.63) is 36.7 Å². The molecule has 20 heavy (non-hydrogen) atoms. The van der Waals surface area contributed by atoms with Crippen molar-refractivity contribution in [2.24, 2.45) is 7.05 Å². The summed E-state index contributed by atoms with van der Waals surface area (Å²) in [6.07, 6.45) is 2.94. The maximum absolute atomic E-state index is 9.86. The van der Waals surface area contributed by atoms with Crippen LogP contribution in [0.3, 0.4) is 0 Å². The SMILES string of the molecule is COc1cccc(OCC(O)CNc2cnn(C)c2)c1. The minimum Gasteiger partial charge on any atom is -0.497 e. The summed E-state index contributed by atoms with van der Waals surface area (Å²) >= 11 is 0. The van der Waals surface area contributed by atoms with Crippen molar-refractivity contribution in [3.63, 3.8) is 0 Å².